The molecule has 0 radical (unpaired) electrons. The summed E-state index contributed by atoms with van der Waals surface area (Å²) in [5.41, 5.74) is -0.434. The zero-order valence-corrected chi connectivity index (χ0v) is 9.05. The van der Waals surface area contributed by atoms with E-state index >= 15 is 0 Å². The molecule has 0 aliphatic heterocycles. The number of rotatable bonds is 4. The highest BCUT2D eigenvalue weighted by molar-refractivity contribution is 7.94. The first-order valence-corrected chi connectivity index (χ1v) is 5.81. The SMILES string of the molecule is C=C/C=C/S(=O)(=O)c1ccccc1[N+](=O)[O-]. The minimum absolute atomic E-state index is 0.321. The van der Waals surface area contributed by atoms with E-state index in [-0.39, 0.29) is 4.90 Å². The Bertz CT molecular complexity index is 546. The van der Waals surface area contributed by atoms with Crippen LogP contribution in [0, 0.1) is 10.1 Å². The van der Waals surface area contributed by atoms with Crippen molar-refractivity contribution in [3.8, 4) is 0 Å². The summed E-state index contributed by atoms with van der Waals surface area (Å²) >= 11 is 0. The largest absolute Gasteiger partial charge is 0.288 e. The first-order chi connectivity index (χ1) is 7.49. The van der Waals surface area contributed by atoms with Crippen molar-refractivity contribution in [3.63, 3.8) is 0 Å². The van der Waals surface area contributed by atoms with Crippen LogP contribution in [0.5, 0.6) is 0 Å². The Balaban J connectivity index is 3.39. The third-order valence-corrected chi connectivity index (χ3v) is 3.24. The molecule has 84 valence electrons. The smallest absolute Gasteiger partial charge is 0.258 e. The van der Waals surface area contributed by atoms with Gasteiger partial charge in [-0.25, -0.2) is 8.42 Å². The molecule has 0 amide bonds. The van der Waals surface area contributed by atoms with Gasteiger partial charge >= 0.3 is 0 Å². The zero-order valence-electron chi connectivity index (χ0n) is 8.24. The van der Waals surface area contributed by atoms with Crippen LogP contribution in [-0.2, 0) is 9.84 Å². The van der Waals surface area contributed by atoms with Gasteiger partial charge in [0.15, 0.2) is 0 Å². The molecule has 0 aromatic heterocycles. The quantitative estimate of drug-likeness (QED) is 0.457. The predicted octanol–water partition coefficient (Wildman–Crippen LogP) is 2.07. The summed E-state index contributed by atoms with van der Waals surface area (Å²) in [6.07, 6.45) is 2.50. The van der Waals surface area contributed by atoms with Crippen molar-refractivity contribution in [2.45, 2.75) is 4.90 Å². The van der Waals surface area contributed by atoms with Crippen molar-refractivity contribution >= 4 is 15.5 Å². The van der Waals surface area contributed by atoms with Gasteiger partial charge in [-0.2, -0.15) is 0 Å². The van der Waals surface area contributed by atoms with E-state index in [1.54, 1.807) is 0 Å². The van der Waals surface area contributed by atoms with Crippen LogP contribution in [0.15, 0.2) is 53.3 Å². The molecule has 0 bridgehead atoms. The second-order valence-electron chi connectivity index (χ2n) is 2.83. The van der Waals surface area contributed by atoms with Crippen LogP contribution in [-0.4, -0.2) is 13.3 Å². The average molecular weight is 239 g/mol. The van der Waals surface area contributed by atoms with Gasteiger partial charge in [0.2, 0.25) is 9.84 Å². The first-order valence-electron chi connectivity index (χ1n) is 4.26. The van der Waals surface area contributed by atoms with E-state index in [1.165, 1.54) is 30.4 Å². The summed E-state index contributed by atoms with van der Waals surface area (Å²) in [6.45, 7) is 3.33. The van der Waals surface area contributed by atoms with Gasteiger partial charge in [-0.15, -0.1) is 0 Å². The number of nitrogens with zero attached hydrogens (tertiary/aromatic N) is 1. The number of sulfone groups is 1. The summed E-state index contributed by atoms with van der Waals surface area (Å²) in [6, 6.07) is 5.19. The summed E-state index contributed by atoms with van der Waals surface area (Å²) < 4.78 is 23.4. The molecule has 0 atom stereocenters. The van der Waals surface area contributed by atoms with Crippen LogP contribution in [0.4, 0.5) is 5.69 Å². The molecular formula is C10H9NO4S. The number of allylic oxidation sites excluding steroid dienone is 2. The fraction of sp³-hybridized carbons (Fsp3) is 0. The molecule has 0 spiro atoms. The van der Waals surface area contributed by atoms with Crippen LogP contribution in [0.3, 0.4) is 0 Å². The number of nitro groups is 1. The minimum atomic E-state index is -3.79. The van der Waals surface area contributed by atoms with Gasteiger partial charge in [-0.05, 0) is 6.07 Å². The van der Waals surface area contributed by atoms with E-state index in [1.807, 2.05) is 0 Å². The van der Waals surface area contributed by atoms with Crippen LogP contribution >= 0.6 is 0 Å². The monoisotopic (exact) mass is 239 g/mol. The highest BCUT2D eigenvalue weighted by atomic mass is 32.2. The maximum atomic E-state index is 11.7. The lowest BCUT2D eigenvalue weighted by atomic mass is 10.3. The van der Waals surface area contributed by atoms with Crippen molar-refractivity contribution in [2.75, 3.05) is 0 Å². The van der Waals surface area contributed by atoms with E-state index in [9.17, 15) is 18.5 Å². The molecule has 0 aliphatic carbocycles. The molecule has 0 fully saturated rings. The maximum absolute atomic E-state index is 11.7. The minimum Gasteiger partial charge on any atom is -0.258 e. The highest BCUT2D eigenvalue weighted by Gasteiger charge is 2.22. The normalized spacial score (nSPS) is 11.5. The lowest BCUT2D eigenvalue weighted by molar-refractivity contribution is -0.387. The predicted molar refractivity (Wildman–Crippen MR) is 59.6 cm³/mol. The number of benzene rings is 1. The van der Waals surface area contributed by atoms with Crippen molar-refractivity contribution in [2.24, 2.45) is 0 Å². The summed E-state index contributed by atoms with van der Waals surface area (Å²) in [5, 5.41) is 11.5. The van der Waals surface area contributed by atoms with Crippen molar-refractivity contribution in [1.82, 2.24) is 0 Å². The number of hydrogen-bond acceptors (Lipinski definition) is 4. The maximum Gasteiger partial charge on any atom is 0.288 e. The van der Waals surface area contributed by atoms with Gasteiger partial charge in [0.25, 0.3) is 5.69 Å². The van der Waals surface area contributed by atoms with Gasteiger partial charge < -0.3 is 0 Å². The Hall–Kier alpha value is -1.95. The van der Waals surface area contributed by atoms with E-state index in [0.717, 1.165) is 11.5 Å². The molecule has 0 saturated carbocycles. The standard InChI is InChI=1S/C10H9NO4S/c1-2-3-8-16(14,15)10-7-5-4-6-9(10)11(12)13/h2-8H,1H2/b8-3+. The van der Waals surface area contributed by atoms with Gasteiger partial charge in [-0.1, -0.05) is 30.9 Å². The second-order valence-corrected chi connectivity index (χ2v) is 4.64. The topological polar surface area (TPSA) is 77.3 Å². The third kappa shape index (κ3) is 2.54. The van der Waals surface area contributed by atoms with Gasteiger partial charge in [0.1, 0.15) is 4.90 Å². The van der Waals surface area contributed by atoms with Crippen molar-refractivity contribution in [3.05, 3.63) is 58.5 Å². The molecule has 0 heterocycles. The van der Waals surface area contributed by atoms with Crippen molar-refractivity contribution in [1.29, 1.82) is 0 Å². The molecule has 5 nitrogen and oxygen atoms in total. The first kappa shape index (κ1) is 12.1. The molecule has 1 aromatic rings. The molecule has 0 aliphatic rings. The molecule has 6 heteroatoms. The molecule has 1 aromatic carbocycles. The zero-order chi connectivity index (χ0) is 12.2. The molecular weight excluding hydrogens is 230 g/mol. The van der Waals surface area contributed by atoms with E-state index in [4.69, 9.17) is 0 Å². The summed E-state index contributed by atoms with van der Waals surface area (Å²) in [4.78, 5) is 9.59. The number of nitro benzene ring substituents is 1. The fourth-order valence-electron chi connectivity index (χ4n) is 1.08. The number of para-hydroxylation sites is 1. The van der Waals surface area contributed by atoms with E-state index in [0.29, 0.717) is 0 Å². The van der Waals surface area contributed by atoms with Crippen LogP contribution in [0.1, 0.15) is 0 Å². The molecule has 0 unspecified atom stereocenters. The van der Waals surface area contributed by atoms with Crippen molar-refractivity contribution < 1.29 is 13.3 Å². The van der Waals surface area contributed by atoms with Gasteiger partial charge in [0, 0.05) is 11.5 Å². The Labute approximate surface area is 92.8 Å². The number of hydrogen-bond donors (Lipinski definition) is 0. The lowest BCUT2D eigenvalue weighted by Gasteiger charge is -1.99. The van der Waals surface area contributed by atoms with Gasteiger partial charge in [0.05, 0.1) is 4.92 Å². The third-order valence-electron chi connectivity index (χ3n) is 1.76. The Morgan fingerprint density at radius 3 is 2.50 bits per heavy atom. The molecule has 1 rings (SSSR count). The van der Waals surface area contributed by atoms with E-state index in [2.05, 4.69) is 6.58 Å². The Kier molecular flexibility index (Phi) is 3.57. The van der Waals surface area contributed by atoms with E-state index < -0.39 is 20.4 Å². The second kappa shape index (κ2) is 4.71. The van der Waals surface area contributed by atoms with Crippen LogP contribution in [0.25, 0.3) is 0 Å². The highest BCUT2D eigenvalue weighted by Crippen LogP contribution is 2.24. The van der Waals surface area contributed by atoms with Crippen LogP contribution < -0.4 is 0 Å². The summed E-state index contributed by atoms with van der Waals surface area (Å²) in [7, 11) is -3.79. The van der Waals surface area contributed by atoms with Gasteiger partial charge in [-0.3, -0.25) is 10.1 Å². The lowest BCUT2D eigenvalue weighted by Crippen LogP contribution is -2.01. The Morgan fingerprint density at radius 1 is 1.31 bits per heavy atom. The average Bonchev–Trinajstić information content (AvgIpc) is 2.26. The Morgan fingerprint density at radius 2 is 1.94 bits per heavy atom. The fourth-order valence-corrected chi connectivity index (χ4v) is 2.25. The molecule has 0 saturated heterocycles. The summed E-state index contributed by atoms with van der Waals surface area (Å²) in [5.74, 6) is 0. The molecule has 16 heavy (non-hydrogen) atoms. The molecule has 0 N–H and O–H groups in total. The van der Waals surface area contributed by atoms with Crippen LogP contribution in [0.2, 0.25) is 0 Å².